The molecule has 5 nitrogen and oxygen atoms in total. The van der Waals surface area contributed by atoms with Crippen molar-refractivity contribution in [2.45, 2.75) is 18.7 Å². The molecule has 0 unspecified atom stereocenters. The number of ether oxygens (including phenoxy) is 1. The van der Waals surface area contributed by atoms with Crippen LogP contribution < -0.4 is 4.74 Å². The fourth-order valence-corrected chi connectivity index (χ4v) is 2.89. The number of Topliss-reactive ketones (excluding diaryl/α,β-unsaturated/α-hetero) is 1. The Morgan fingerprint density at radius 2 is 1.61 bits per heavy atom. The van der Waals surface area contributed by atoms with E-state index in [1.165, 1.54) is 19.2 Å². The maximum absolute atomic E-state index is 12.2. The topological polar surface area (TPSA) is 69.7 Å². The fraction of sp³-hybridized carbons (Fsp3) is 0.235. The molecule has 6 heteroatoms. The second-order valence-electron chi connectivity index (χ2n) is 5.16. The van der Waals surface area contributed by atoms with Crippen molar-refractivity contribution in [2.75, 3.05) is 13.7 Å². The highest BCUT2D eigenvalue weighted by molar-refractivity contribution is 7.86. The number of hydrogen-bond donors (Lipinski definition) is 0. The van der Waals surface area contributed by atoms with Crippen LogP contribution in [-0.4, -0.2) is 27.9 Å². The average molecular weight is 334 g/mol. The van der Waals surface area contributed by atoms with E-state index in [9.17, 15) is 13.2 Å². The zero-order valence-electron chi connectivity index (χ0n) is 13.2. The molecule has 0 spiro atoms. The van der Waals surface area contributed by atoms with Gasteiger partial charge in [-0.25, -0.2) is 0 Å². The van der Waals surface area contributed by atoms with E-state index < -0.39 is 22.5 Å². The molecule has 0 radical (unpaired) electrons. The van der Waals surface area contributed by atoms with Crippen molar-refractivity contribution in [3.05, 3.63) is 59.2 Å². The lowest BCUT2D eigenvalue weighted by Gasteiger charge is -2.09. The highest BCUT2D eigenvalue weighted by Crippen LogP contribution is 2.21. The highest BCUT2D eigenvalue weighted by Gasteiger charge is 2.19. The summed E-state index contributed by atoms with van der Waals surface area (Å²) in [6, 6.07) is 11.3. The summed E-state index contributed by atoms with van der Waals surface area (Å²) in [6.07, 6.45) is 0. The van der Waals surface area contributed by atoms with E-state index in [0.29, 0.717) is 11.3 Å². The number of ketones is 1. The molecule has 0 fully saturated rings. The molecule has 23 heavy (non-hydrogen) atoms. The van der Waals surface area contributed by atoms with Gasteiger partial charge in [-0.1, -0.05) is 29.3 Å². The number of methoxy groups -OCH3 is 1. The monoisotopic (exact) mass is 334 g/mol. The van der Waals surface area contributed by atoms with Gasteiger partial charge in [0.15, 0.2) is 5.78 Å². The van der Waals surface area contributed by atoms with Gasteiger partial charge in [-0.2, -0.15) is 8.42 Å². The maximum atomic E-state index is 12.2. The lowest BCUT2D eigenvalue weighted by Crippen LogP contribution is -2.15. The molecule has 0 saturated heterocycles. The second kappa shape index (κ2) is 6.93. The molecule has 0 aromatic heterocycles. The minimum atomic E-state index is -3.97. The van der Waals surface area contributed by atoms with Gasteiger partial charge in [0.05, 0.1) is 17.6 Å². The number of aryl methyl sites for hydroxylation is 2. The number of benzene rings is 2. The van der Waals surface area contributed by atoms with Gasteiger partial charge in [0.25, 0.3) is 10.1 Å². The van der Waals surface area contributed by atoms with E-state index in [1.54, 1.807) is 30.3 Å². The minimum absolute atomic E-state index is 0.0205. The summed E-state index contributed by atoms with van der Waals surface area (Å²) in [7, 11) is -2.52. The molecule has 0 aliphatic carbocycles. The Balaban J connectivity index is 2.15. The van der Waals surface area contributed by atoms with Gasteiger partial charge in [0, 0.05) is 0 Å². The van der Waals surface area contributed by atoms with Gasteiger partial charge in [0.1, 0.15) is 12.4 Å². The molecular formula is C17H18O5S. The van der Waals surface area contributed by atoms with Crippen molar-refractivity contribution in [3.8, 4) is 5.75 Å². The van der Waals surface area contributed by atoms with Gasteiger partial charge in [0.2, 0.25) is 0 Å². The molecule has 2 rings (SSSR count). The molecule has 0 aliphatic heterocycles. The van der Waals surface area contributed by atoms with Crippen LogP contribution in [-0.2, 0) is 14.3 Å². The van der Waals surface area contributed by atoms with E-state index in [-0.39, 0.29) is 4.90 Å². The molecule has 0 atom stereocenters. The smallest absolute Gasteiger partial charge is 0.297 e. The summed E-state index contributed by atoms with van der Waals surface area (Å²) in [5.41, 5.74) is 2.10. The third kappa shape index (κ3) is 4.18. The zero-order chi connectivity index (χ0) is 17.0. The van der Waals surface area contributed by atoms with E-state index in [1.807, 2.05) is 13.8 Å². The van der Waals surface area contributed by atoms with E-state index in [0.717, 1.165) is 11.1 Å². The largest absolute Gasteiger partial charge is 0.496 e. The maximum Gasteiger partial charge on any atom is 0.297 e. The molecule has 2 aromatic rings. The molecule has 0 amide bonds. The van der Waals surface area contributed by atoms with Crippen LogP contribution >= 0.6 is 0 Å². The summed E-state index contributed by atoms with van der Waals surface area (Å²) in [4.78, 5) is 12.3. The summed E-state index contributed by atoms with van der Waals surface area (Å²) < 4.78 is 34.2. The SMILES string of the molecule is COc1ccc(C)cc1C(=O)COS(=O)(=O)c1ccc(C)cc1. The number of carbonyl (C=O) groups excluding carboxylic acids is 1. The molecule has 0 N–H and O–H groups in total. The van der Waals surface area contributed by atoms with Crippen LogP contribution in [0.4, 0.5) is 0 Å². The van der Waals surface area contributed by atoms with Crippen molar-refractivity contribution in [2.24, 2.45) is 0 Å². The van der Waals surface area contributed by atoms with Crippen LogP contribution in [0.25, 0.3) is 0 Å². The molecule has 2 aromatic carbocycles. The van der Waals surface area contributed by atoms with Crippen LogP contribution in [0.3, 0.4) is 0 Å². The van der Waals surface area contributed by atoms with Crippen molar-refractivity contribution in [1.29, 1.82) is 0 Å². The number of hydrogen-bond acceptors (Lipinski definition) is 5. The van der Waals surface area contributed by atoms with Gasteiger partial charge in [-0.3, -0.25) is 8.98 Å². The number of carbonyl (C=O) groups is 1. The fourth-order valence-electron chi connectivity index (χ4n) is 2.02. The van der Waals surface area contributed by atoms with Crippen LogP contribution in [0.2, 0.25) is 0 Å². The first-order valence-corrected chi connectivity index (χ1v) is 8.38. The standard InChI is InChI=1S/C17H18O5S/c1-12-4-7-14(8-5-12)23(19,20)22-11-16(18)15-10-13(2)6-9-17(15)21-3/h4-10H,11H2,1-3H3. The highest BCUT2D eigenvalue weighted by atomic mass is 32.2. The van der Waals surface area contributed by atoms with E-state index in [4.69, 9.17) is 8.92 Å². The predicted molar refractivity (Wildman–Crippen MR) is 86.4 cm³/mol. The molecule has 0 heterocycles. The molecule has 0 bridgehead atoms. The van der Waals surface area contributed by atoms with Crippen LogP contribution in [0.5, 0.6) is 5.75 Å². The summed E-state index contributed by atoms with van der Waals surface area (Å²) in [6.45, 7) is 3.11. The van der Waals surface area contributed by atoms with Crippen molar-refractivity contribution in [3.63, 3.8) is 0 Å². The Morgan fingerprint density at radius 1 is 1.00 bits per heavy atom. The predicted octanol–water partition coefficient (Wildman–Crippen LogP) is 2.90. The van der Waals surface area contributed by atoms with Gasteiger partial charge < -0.3 is 4.74 Å². The average Bonchev–Trinajstić information content (AvgIpc) is 2.53. The van der Waals surface area contributed by atoms with Crippen molar-refractivity contribution < 1.29 is 22.1 Å². The van der Waals surface area contributed by atoms with Crippen molar-refractivity contribution >= 4 is 15.9 Å². The molecular weight excluding hydrogens is 316 g/mol. The van der Waals surface area contributed by atoms with Crippen molar-refractivity contribution in [1.82, 2.24) is 0 Å². The minimum Gasteiger partial charge on any atom is -0.496 e. The van der Waals surface area contributed by atoms with Crippen LogP contribution in [0, 0.1) is 13.8 Å². The van der Waals surface area contributed by atoms with E-state index >= 15 is 0 Å². The lowest BCUT2D eigenvalue weighted by atomic mass is 10.1. The summed E-state index contributed by atoms with van der Waals surface area (Å²) >= 11 is 0. The third-order valence-corrected chi connectivity index (χ3v) is 4.59. The molecule has 0 aliphatic rings. The number of rotatable bonds is 6. The zero-order valence-corrected chi connectivity index (χ0v) is 14.0. The Kier molecular flexibility index (Phi) is 5.18. The molecule has 122 valence electrons. The quantitative estimate of drug-likeness (QED) is 0.600. The Morgan fingerprint density at radius 3 is 2.22 bits per heavy atom. The Labute approximate surface area is 136 Å². The normalized spacial score (nSPS) is 11.3. The van der Waals surface area contributed by atoms with Gasteiger partial charge in [-0.15, -0.1) is 0 Å². The van der Waals surface area contributed by atoms with Crippen LogP contribution in [0.15, 0.2) is 47.4 Å². The lowest BCUT2D eigenvalue weighted by molar-refractivity contribution is 0.0921. The second-order valence-corrected chi connectivity index (χ2v) is 6.77. The van der Waals surface area contributed by atoms with E-state index in [2.05, 4.69) is 0 Å². The van der Waals surface area contributed by atoms with Crippen LogP contribution in [0.1, 0.15) is 21.5 Å². The molecule has 0 saturated carbocycles. The first-order valence-electron chi connectivity index (χ1n) is 6.97. The first-order chi connectivity index (χ1) is 10.8. The summed E-state index contributed by atoms with van der Waals surface area (Å²) in [5.74, 6) is -0.0711. The Bertz CT molecular complexity index is 807. The summed E-state index contributed by atoms with van der Waals surface area (Å²) in [5, 5.41) is 0. The Hall–Kier alpha value is -2.18. The van der Waals surface area contributed by atoms with Gasteiger partial charge in [-0.05, 0) is 38.1 Å². The first kappa shape index (κ1) is 17.2. The van der Waals surface area contributed by atoms with Gasteiger partial charge >= 0.3 is 0 Å². The third-order valence-electron chi connectivity index (χ3n) is 3.31.